The molecule has 6 nitrogen and oxygen atoms in total. The van der Waals surface area contributed by atoms with Gasteiger partial charge in [0.2, 0.25) is 5.54 Å². The van der Waals surface area contributed by atoms with Crippen molar-refractivity contribution in [1.82, 2.24) is 4.90 Å². The molecule has 0 saturated carbocycles. The first kappa shape index (κ1) is 13.6. The third-order valence-corrected chi connectivity index (χ3v) is 6.24. The molecule has 2 unspecified atom stereocenters. The molecule has 1 amide bonds. The maximum atomic E-state index is 12.7. The van der Waals surface area contributed by atoms with Crippen molar-refractivity contribution < 1.29 is 14.3 Å². The van der Waals surface area contributed by atoms with Gasteiger partial charge in [-0.15, -0.1) is 11.8 Å². The van der Waals surface area contributed by atoms with Gasteiger partial charge in [-0.3, -0.25) is 4.79 Å². The second-order valence-electron chi connectivity index (χ2n) is 5.88. The first-order chi connectivity index (χ1) is 9.27. The lowest BCUT2D eigenvalue weighted by Gasteiger charge is -2.49. The number of β-lactam (4-membered cyclic amide) rings is 1. The van der Waals surface area contributed by atoms with E-state index >= 15 is 0 Å². The first-order valence-corrected chi connectivity index (χ1v) is 7.38. The lowest BCUT2D eigenvalue weighted by atomic mass is 9.79. The van der Waals surface area contributed by atoms with Gasteiger partial charge in [0.25, 0.3) is 5.91 Å². The van der Waals surface area contributed by atoms with E-state index in [1.54, 1.807) is 18.7 Å². The second-order valence-corrected chi connectivity index (χ2v) is 7.61. The summed E-state index contributed by atoms with van der Waals surface area (Å²) in [5, 5.41) is 7.98. The van der Waals surface area contributed by atoms with Crippen molar-refractivity contribution in [3.05, 3.63) is 11.3 Å². The van der Waals surface area contributed by atoms with Gasteiger partial charge in [-0.1, -0.05) is 0 Å². The van der Waals surface area contributed by atoms with Gasteiger partial charge in [0.15, 0.2) is 0 Å². The van der Waals surface area contributed by atoms with Crippen molar-refractivity contribution in [1.29, 1.82) is 0 Å². The van der Waals surface area contributed by atoms with Gasteiger partial charge in [-0.25, -0.2) is 4.79 Å². The highest BCUT2D eigenvalue weighted by Crippen LogP contribution is 2.60. The van der Waals surface area contributed by atoms with Crippen LogP contribution in [0.3, 0.4) is 0 Å². The summed E-state index contributed by atoms with van der Waals surface area (Å²) < 4.78 is 4.74. The van der Waals surface area contributed by atoms with Gasteiger partial charge in [0.05, 0.1) is 12.8 Å². The molecule has 20 heavy (non-hydrogen) atoms. The van der Waals surface area contributed by atoms with Crippen LogP contribution < -0.4 is 0 Å². The SMILES string of the molecule is COC(=O)C1=C(C)N=NC12C(=O)N1C2SC(C)(C)[C@@H]1C. The fourth-order valence-corrected chi connectivity index (χ4v) is 4.76. The van der Waals surface area contributed by atoms with Crippen LogP contribution in [0.15, 0.2) is 21.5 Å². The average molecular weight is 295 g/mol. The van der Waals surface area contributed by atoms with Crippen molar-refractivity contribution >= 4 is 23.6 Å². The third-order valence-electron chi connectivity index (χ3n) is 4.50. The van der Waals surface area contributed by atoms with E-state index in [4.69, 9.17) is 4.74 Å². The number of nitrogens with zero attached hydrogens (tertiary/aromatic N) is 3. The van der Waals surface area contributed by atoms with Crippen LogP contribution in [-0.2, 0) is 14.3 Å². The second kappa shape index (κ2) is 3.84. The minimum atomic E-state index is -1.16. The number of allylic oxidation sites excluding steroid dienone is 1. The number of amides is 1. The Hall–Kier alpha value is -1.37. The Morgan fingerprint density at radius 2 is 2.10 bits per heavy atom. The summed E-state index contributed by atoms with van der Waals surface area (Å²) >= 11 is 1.67. The summed E-state index contributed by atoms with van der Waals surface area (Å²) in [5.74, 6) is -0.660. The Morgan fingerprint density at radius 1 is 1.45 bits per heavy atom. The normalized spacial score (nSPS) is 37.5. The van der Waals surface area contributed by atoms with E-state index in [0.29, 0.717) is 11.3 Å². The number of carbonyl (C=O) groups excluding carboxylic acids is 2. The Kier molecular flexibility index (Phi) is 2.61. The molecule has 3 aliphatic rings. The van der Waals surface area contributed by atoms with Crippen molar-refractivity contribution in [3.8, 4) is 0 Å². The van der Waals surface area contributed by atoms with Crippen molar-refractivity contribution in [2.75, 3.05) is 7.11 Å². The molecule has 0 bridgehead atoms. The summed E-state index contributed by atoms with van der Waals surface area (Å²) in [4.78, 5) is 26.5. The van der Waals surface area contributed by atoms with Crippen LogP contribution in [0, 0.1) is 0 Å². The fourth-order valence-electron chi connectivity index (χ4n) is 3.04. The third kappa shape index (κ3) is 1.31. The van der Waals surface area contributed by atoms with Crippen LogP contribution in [0.5, 0.6) is 0 Å². The Balaban J connectivity index is 2.06. The number of azo groups is 1. The summed E-state index contributed by atoms with van der Waals surface area (Å²) in [6.45, 7) is 7.91. The van der Waals surface area contributed by atoms with Crippen LogP contribution in [0.2, 0.25) is 0 Å². The van der Waals surface area contributed by atoms with E-state index in [1.165, 1.54) is 7.11 Å². The molecule has 3 atom stereocenters. The van der Waals surface area contributed by atoms with Crippen LogP contribution >= 0.6 is 11.8 Å². The monoisotopic (exact) mass is 295 g/mol. The molecule has 108 valence electrons. The van der Waals surface area contributed by atoms with Crippen LogP contribution in [0.25, 0.3) is 0 Å². The molecule has 3 aliphatic heterocycles. The minimum absolute atomic E-state index is 0.0724. The number of fused-ring (bicyclic) bond motifs is 2. The van der Waals surface area contributed by atoms with E-state index in [9.17, 15) is 9.59 Å². The quantitative estimate of drug-likeness (QED) is 0.545. The lowest BCUT2D eigenvalue weighted by Crippen LogP contribution is -2.72. The molecule has 2 fully saturated rings. The highest BCUT2D eigenvalue weighted by atomic mass is 32.2. The zero-order chi connectivity index (χ0) is 14.9. The maximum absolute atomic E-state index is 12.7. The van der Waals surface area contributed by atoms with Crippen LogP contribution in [0.4, 0.5) is 0 Å². The Labute approximate surface area is 121 Å². The molecule has 1 spiro atoms. The molecule has 7 heteroatoms. The van der Waals surface area contributed by atoms with Gasteiger partial charge in [0.1, 0.15) is 10.9 Å². The maximum Gasteiger partial charge on any atom is 0.338 e. The van der Waals surface area contributed by atoms with Gasteiger partial charge >= 0.3 is 5.97 Å². The fraction of sp³-hybridized carbons (Fsp3) is 0.692. The Morgan fingerprint density at radius 3 is 2.70 bits per heavy atom. The number of rotatable bonds is 1. The molecule has 0 aromatic rings. The zero-order valence-corrected chi connectivity index (χ0v) is 12.9. The number of methoxy groups -OCH3 is 1. The van der Waals surface area contributed by atoms with Gasteiger partial charge in [-0.05, 0) is 27.7 Å². The molecule has 3 rings (SSSR count). The standard InChI is InChI=1S/C13H17N3O3S/c1-6-8(9(17)19-5)13(15-14-6)10(18)16-7(2)12(3,4)20-11(13)16/h7,11H,1-5H3/t7-,11?,13?/m0/s1. The summed E-state index contributed by atoms with van der Waals surface area (Å²) in [6.07, 6.45) is 0. The van der Waals surface area contributed by atoms with Crippen LogP contribution in [0.1, 0.15) is 27.7 Å². The minimum Gasteiger partial charge on any atom is -0.466 e. The summed E-state index contributed by atoms with van der Waals surface area (Å²) in [7, 11) is 1.31. The largest absolute Gasteiger partial charge is 0.466 e. The van der Waals surface area contributed by atoms with Gasteiger partial charge in [0, 0.05) is 10.8 Å². The van der Waals surface area contributed by atoms with Gasteiger partial charge in [-0.2, -0.15) is 10.2 Å². The molecule has 0 aromatic carbocycles. The molecule has 0 N–H and O–H groups in total. The highest BCUT2D eigenvalue weighted by Gasteiger charge is 2.73. The number of carbonyl (C=O) groups is 2. The zero-order valence-electron chi connectivity index (χ0n) is 12.1. The van der Waals surface area contributed by atoms with E-state index in [2.05, 4.69) is 24.1 Å². The molecule has 2 saturated heterocycles. The highest BCUT2D eigenvalue weighted by molar-refractivity contribution is 8.01. The molecule has 3 heterocycles. The topological polar surface area (TPSA) is 71.3 Å². The number of thioether (sulfide) groups is 1. The van der Waals surface area contributed by atoms with E-state index < -0.39 is 11.5 Å². The van der Waals surface area contributed by atoms with E-state index in [-0.39, 0.29) is 22.1 Å². The molecule has 0 radical (unpaired) electrons. The predicted octanol–water partition coefficient (Wildman–Crippen LogP) is 1.72. The van der Waals surface area contributed by atoms with E-state index in [1.807, 2.05) is 11.8 Å². The first-order valence-electron chi connectivity index (χ1n) is 6.50. The predicted molar refractivity (Wildman–Crippen MR) is 74.1 cm³/mol. The number of ether oxygens (including phenoxy) is 1. The smallest absolute Gasteiger partial charge is 0.338 e. The van der Waals surface area contributed by atoms with Crippen molar-refractivity contribution in [3.63, 3.8) is 0 Å². The molecular weight excluding hydrogens is 278 g/mol. The summed E-state index contributed by atoms with van der Waals surface area (Å²) in [5.41, 5.74) is -0.393. The number of hydrogen-bond acceptors (Lipinski definition) is 6. The average Bonchev–Trinajstić information content (AvgIpc) is 2.86. The molecule has 0 aromatic heterocycles. The lowest BCUT2D eigenvalue weighted by molar-refractivity contribution is -0.155. The number of hydrogen-bond donors (Lipinski definition) is 0. The van der Waals surface area contributed by atoms with Crippen molar-refractivity contribution in [2.24, 2.45) is 10.2 Å². The van der Waals surface area contributed by atoms with E-state index in [0.717, 1.165) is 0 Å². The van der Waals surface area contributed by atoms with Crippen molar-refractivity contribution in [2.45, 2.75) is 49.4 Å². The molecular formula is C13H17N3O3S. The van der Waals surface area contributed by atoms with Gasteiger partial charge < -0.3 is 9.64 Å². The van der Waals surface area contributed by atoms with Crippen LogP contribution in [-0.4, -0.2) is 45.6 Å². The number of esters is 1. The molecule has 0 aliphatic carbocycles. The summed E-state index contributed by atoms with van der Waals surface area (Å²) in [6, 6.07) is 0.102. The Bertz CT molecular complexity index is 583.